The summed E-state index contributed by atoms with van der Waals surface area (Å²) in [6.45, 7) is 3.27. The molecule has 10 heteroatoms. The molecule has 1 amide bonds. The summed E-state index contributed by atoms with van der Waals surface area (Å²) < 4.78 is 32.9. The van der Waals surface area contributed by atoms with Crippen molar-refractivity contribution in [2.75, 3.05) is 55.9 Å². The number of carbonyl (C=O) groups excluding carboxylic acids is 1. The van der Waals surface area contributed by atoms with Crippen molar-refractivity contribution in [2.24, 2.45) is 0 Å². The van der Waals surface area contributed by atoms with Crippen LogP contribution in [-0.4, -0.2) is 73.5 Å². The predicted octanol–water partition coefficient (Wildman–Crippen LogP) is 5.03. The number of aromatic amines is 1. The molecule has 2 aliphatic rings. The molecule has 3 heterocycles. The summed E-state index contributed by atoms with van der Waals surface area (Å²) in [7, 11) is 4.19. The molecule has 0 saturated carbocycles. The molecule has 0 bridgehead atoms. The number of aromatic nitrogens is 2. The lowest BCUT2D eigenvalue weighted by Gasteiger charge is -2.44. The van der Waals surface area contributed by atoms with Crippen LogP contribution < -0.4 is 15.5 Å². The second-order valence-electron chi connectivity index (χ2n) is 11.1. The van der Waals surface area contributed by atoms with E-state index >= 15 is 0 Å². The van der Waals surface area contributed by atoms with Crippen molar-refractivity contribution < 1.29 is 18.3 Å². The van der Waals surface area contributed by atoms with E-state index in [1.54, 1.807) is 0 Å². The Kier molecular flexibility index (Phi) is 7.59. The van der Waals surface area contributed by atoms with Crippen LogP contribution in [0.25, 0.3) is 10.9 Å². The van der Waals surface area contributed by atoms with E-state index in [-0.39, 0.29) is 11.9 Å². The highest BCUT2D eigenvalue weighted by Crippen LogP contribution is 2.31. The smallest absolute Gasteiger partial charge is 0.258 e. The van der Waals surface area contributed by atoms with E-state index in [0.717, 1.165) is 59.8 Å². The molecular formula is C31H34F2N6O2. The highest BCUT2D eigenvalue weighted by atomic mass is 19.1. The number of H-pyrrole nitrogens is 1. The second kappa shape index (κ2) is 11.5. The molecule has 2 fully saturated rings. The summed E-state index contributed by atoms with van der Waals surface area (Å²) in [5.41, 5.74) is 4.52. The predicted molar refractivity (Wildman–Crippen MR) is 157 cm³/mol. The zero-order valence-corrected chi connectivity index (χ0v) is 23.2. The van der Waals surface area contributed by atoms with Crippen LogP contribution in [0.5, 0.6) is 0 Å². The van der Waals surface area contributed by atoms with Gasteiger partial charge in [-0.05, 0) is 86.9 Å². The first-order chi connectivity index (χ1) is 19.8. The molecule has 41 heavy (non-hydrogen) atoms. The van der Waals surface area contributed by atoms with Crippen molar-refractivity contribution in [3.8, 4) is 0 Å². The highest BCUT2D eigenvalue weighted by Gasteiger charge is 2.29. The standard InChI is InChI=1S/C31H34F2N6O2/c1-38(2)25-17-39(18-25)24-4-5-26(29(16-24)34-23-7-9-41-10-8-23)31(40)35-30-27-14-19(3-6-28(27)36-37-30)11-20-12-21(32)15-22(33)13-20/h3-6,12-16,23,25,34H,7-11,17-18H2,1-2H3,(H2,35,36,37,40). The second-order valence-corrected chi connectivity index (χ2v) is 11.1. The van der Waals surface area contributed by atoms with Gasteiger partial charge in [-0.15, -0.1) is 0 Å². The van der Waals surface area contributed by atoms with Crippen molar-refractivity contribution in [3.63, 3.8) is 0 Å². The first kappa shape index (κ1) is 27.2. The van der Waals surface area contributed by atoms with Crippen LogP contribution in [0, 0.1) is 11.6 Å². The number of benzene rings is 3. The molecule has 2 aliphatic heterocycles. The average molecular weight is 561 g/mol. The molecule has 3 aromatic carbocycles. The summed E-state index contributed by atoms with van der Waals surface area (Å²) >= 11 is 0. The Hall–Kier alpha value is -4.02. The fourth-order valence-corrected chi connectivity index (χ4v) is 5.49. The Morgan fingerprint density at radius 1 is 1.02 bits per heavy atom. The molecule has 0 atom stereocenters. The van der Waals surface area contributed by atoms with E-state index in [2.05, 4.69) is 50.8 Å². The van der Waals surface area contributed by atoms with Crippen molar-refractivity contribution in [1.82, 2.24) is 15.1 Å². The molecule has 0 radical (unpaired) electrons. The van der Waals surface area contributed by atoms with Gasteiger partial charge in [0.25, 0.3) is 5.91 Å². The van der Waals surface area contributed by atoms with Gasteiger partial charge in [0.2, 0.25) is 0 Å². The van der Waals surface area contributed by atoms with Gasteiger partial charge in [0, 0.05) is 61.2 Å². The molecule has 0 spiro atoms. The van der Waals surface area contributed by atoms with Crippen LogP contribution >= 0.6 is 0 Å². The van der Waals surface area contributed by atoms with Gasteiger partial charge in [0.15, 0.2) is 5.82 Å². The van der Waals surface area contributed by atoms with Crippen molar-refractivity contribution >= 4 is 34.0 Å². The number of nitrogens with zero attached hydrogens (tertiary/aromatic N) is 3. The molecule has 6 rings (SSSR count). The maximum absolute atomic E-state index is 13.7. The number of carbonyl (C=O) groups is 1. The van der Waals surface area contributed by atoms with E-state index < -0.39 is 11.6 Å². The molecule has 4 aromatic rings. The molecule has 2 saturated heterocycles. The summed E-state index contributed by atoms with van der Waals surface area (Å²) in [5, 5.41) is 14.6. The maximum atomic E-state index is 13.7. The summed E-state index contributed by atoms with van der Waals surface area (Å²) in [6.07, 6.45) is 2.09. The topological polar surface area (TPSA) is 85.5 Å². The monoisotopic (exact) mass is 560 g/mol. The van der Waals surface area contributed by atoms with Crippen molar-refractivity contribution in [3.05, 3.63) is 82.9 Å². The first-order valence-electron chi connectivity index (χ1n) is 14.0. The number of ether oxygens (including phenoxy) is 1. The van der Waals surface area contributed by atoms with E-state index in [1.165, 1.54) is 12.1 Å². The number of halogens is 2. The normalized spacial score (nSPS) is 16.3. The third-order valence-corrected chi connectivity index (χ3v) is 7.98. The lowest BCUT2D eigenvalue weighted by Crippen LogP contribution is -2.57. The Balaban J connectivity index is 1.24. The molecule has 8 nitrogen and oxygen atoms in total. The maximum Gasteiger partial charge on any atom is 0.258 e. The molecule has 0 unspecified atom stereocenters. The summed E-state index contributed by atoms with van der Waals surface area (Å²) in [4.78, 5) is 18.2. The van der Waals surface area contributed by atoms with Gasteiger partial charge >= 0.3 is 0 Å². The highest BCUT2D eigenvalue weighted by molar-refractivity contribution is 6.11. The third-order valence-electron chi connectivity index (χ3n) is 7.98. The van der Waals surface area contributed by atoms with Gasteiger partial charge in [0.05, 0.1) is 11.1 Å². The van der Waals surface area contributed by atoms with Crippen LogP contribution in [0.15, 0.2) is 54.6 Å². The van der Waals surface area contributed by atoms with Crippen LogP contribution in [0.1, 0.15) is 34.3 Å². The summed E-state index contributed by atoms with van der Waals surface area (Å²) in [6, 6.07) is 15.8. The molecule has 0 aliphatic carbocycles. The quantitative estimate of drug-likeness (QED) is 0.281. The van der Waals surface area contributed by atoms with Gasteiger partial charge in [-0.3, -0.25) is 9.89 Å². The Labute approximate surface area is 237 Å². The number of rotatable bonds is 8. The minimum absolute atomic E-state index is 0.220. The van der Waals surface area contributed by atoms with E-state index in [0.29, 0.717) is 42.6 Å². The van der Waals surface area contributed by atoms with Gasteiger partial charge < -0.3 is 25.2 Å². The Morgan fingerprint density at radius 2 is 1.78 bits per heavy atom. The third kappa shape index (κ3) is 6.03. The number of hydrogen-bond donors (Lipinski definition) is 3. The number of anilines is 3. The minimum atomic E-state index is -0.611. The Bertz CT molecular complexity index is 1540. The number of fused-ring (bicyclic) bond motifs is 1. The van der Waals surface area contributed by atoms with Gasteiger partial charge in [-0.25, -0.2) is 8.78 Å². The number of amides is 1. The molecule has 214 valence electrons. The van der Waals surface area contributed by atoms with Gasteiger partial charge in [-0.2, -0.15) is 5.10 Å². The van der Waals surface area contributed by atoms with E-state index in [4.69, 9.17) is 4.74 Å². The molecule has 3 N–H and O–H groups in total. The average Bonchev–Trinajstić information content (AvgIpc) is 3.29. The SMILES string of the molecule is CN(C)C1CN(c2ccc(C(=O)Nc3n[nH]c4ccc(Cc5cc(F)cc(F)c5)cc34)c(NC3CCOCC3)c2)C1. The number of nitrogens with one attached hydrogen (secondary N) is 3. The van der Waals surface area contributed by atoms with Crippen molar-refractivity contribution in [1.29, 1.82) is 0 Å². The van der Waals surface area contributed by atoms with Crippen LogP contribution in [0.3, 0.4) is 0 Å². The van der Waals surface area contributed by atoms with Gasteiger partial charge in [0.1, 0.15) is 11.6 Å². The lowest BCUT2D eigenvalue weighted by atomic mass is 10.0. The minimum Gasteiger partial charge on any atom is -0.381 e. The molecular weight excluding hydrogens is 526 g/mol. The van der Waals surface area contributed by atoms with Gasteiger partial charge in [-0.1, -0.05) is 6.07 Å². The zero-order chi connectivity index (χ0) is 28.5. The van der Waals surface area contributed by atoms with Crippen LogP contribution in [0.2, 0.25) is 0 Å². The summed E-state index contributed by atoms with van der Waals surface area (Å²) in [5.74, 6) is -1.10. The van der Waals surface area contributed by atoms with E-state index in [9.17, 15) is 13.6 Å². The van der Waals surface area contributed by atoms with Crippen LogP contribution in [-0.2, 0) is 11.2 Å². The zero-order valence-electron chi connectivity index (χ0n) is 23.2. The fraction of sp³-hybridized carbons (Fsp3) is 0.355. The lowest BCUT2D eigenvalue weighted by molar-refractivity contribution is 0.0904. The fourth-order valence-electron chi connectivity index (χ4n) is 5.49. The van der Waals surface area contributed by atoms with Crippen molar-refractivity contribution in [2.45, 2.75) is 31.3 Å². The first-order valence-corrected chi connectivity index (χ1v) is 14.0. The van der Waals surface area contributed by atoms with E-state index in [1.807, 2.05) is 30.3 Å². The number of hydrogen-bond acceptors (Lipinski definition) is 6. The largest absolute Gasteiger partial charge is 0.381 e. The Morgan fingerprint density at radius 3 is 2.51 bits per heavy atom. The van der Waals surface area contributed by atoms with Crippen LogP contribution in [0.4, 0.5) is 26.0 Å². The molecule has 1 aromatic heterocycles. The number of likely N-dealkylation sites (N-methyl/N-ethyl adjacent to an activating group) is 1.